The number of pyridine rings is 1. The summed E-state index contributed by atoms with van der Waals surface area (Å²) in [5, 5.41) is 8.23. The summed E-state index contributed by atoms with van der Waals surface area (Å²) in [7, 11) is 1.72. The van der Waals surface area contributed by atoms with Gasteiger partial charge in [-0.05, 0) is 0 Å². The lowest BCUT2D eigenvalue weighted by atomic mass is 10.4. The number of hydrogen-bond acceptors (Lipinski definition) is 3. The smallest absolute Gasteiger partial charge is 0.359 e. The predicted octanol–water partition coefficient (Wildman–Crippen LogP) is 0.0292. The Labute approximate surface area is 125 Å². The zero-order valence-electron chi connectivity index (χ0n) is 12.6. The first-order chi connectivity index (χ1) is 9.49. The largest absolute Gasteiger partial charge is 0.477 e. The summed E-state index contributed by atoms with van der Waals surface area (Å²) in [6.45, 7) is 0.778. The highest BCUT2D eigenvalue weighted by Crippen LogP contribution is 1.88. The summed E-state index contributed by atoms with van der Waals surface area (Å²) >= 11 is 0. The van der Waals surface area contributed by atoms with Gasteiger partial charge < -0.3 is 9.59 Å². The maximum Gasteiger partial charge on any atom is 0.359 e. The average Bonchev–Trinajstić information content (AvgIpc) is 2.26. The van der Waals surface area contributed by atoms with Crippen LogP contribution in [0.4, 0.5) is 0 Å². The maximum atomic E-state index is 10.4. The molecule has 0 aliphatic heterocycles. The fraction of sp³-hybridized carbons (Fsp3) is 0.538. The van der Waals surface area contributed by atoms with Gasteiger partial charge in [0.1, 0.15) is 6.54 Å². The molecule has 0 fully saturated rings. The van der Waals surface area contributed by atoms with E-state index in [0.29, 0.717) is 17.4 Å². The van der Waals surface area contributed by atoms with Crippen molar-refractivity contribution in [2.45, 2.75) is 13.0 Å². The Bertz CT molecular complexity index is 523. The predicted molar refractivity (Wildman–Crippen MR) is 78.2 cm³/mol. The topological polar surface area (TPSA) is 95.5 Å². The second-order valence-corrected chi connectivity index (χ2v) is 7.17. The van der Waals surface area contributed by atoms with E-state index in [9.17, 15) is 13.2 Å². The minimum Gasteiger partial charge on any atom is -0.477 e. The van der Waals surface area contributed by atoms with Crippen molar-refractivity contribution in [3.05, 3.63) is 30.6 Å². The van der Waals surface area contributed by atoms with Crippen LogP contribution in [0.15, 0.2) is 30.6 Å². The van der Waals surface area contributed by atoms with E-state index in [0.717, 1.165) is 0 Å². The van der Waals surface area contributed by atoms with Crippen LogP contribution in [0.2, 0.25) is 0 Å². The monoisotopic (exact) mass is 320 g/mol. The first-order valence-corrected chi connectivity index (χ1v) is 8.02. The summed E-state index contributed by atoms with van der Waals surface area (Å²) in [6, 6.07) is 5.63. The van der Waals surface area contributed by atoms with Crippen LogP contribution in [0.1, 0.15) is 6.42 Å². The van der Waals surface area contributed by atoms with E-state index in [-0.39, 0.29) is 12.3 Å². The van der Waals surface area contributed by atoms with Crippen LogP contribution in [-0.4, -0.2) is 62.0 Å². The summed E-state index contributed by atoms with van der Waals surface area (Å²) in [5.74, 6) is -0.938. The van der Waals surface area contributed by atoms with Crippen LogP contribution >= 0.6 is 0 Å². The van der Waals surface area contributed by atoms with Gasteiger partial charge in [-0.1, -0.05) is 6.07 Å². The number of aryl methyl sites for hydroxylation is 1. The average molecular weight is 320 g/mol. The van der Waals surface area contributed by atoms with Crippen molar-refractivity contribution in [1.29, 1.82) is 0 Å². The van der Waals surface area contributed by atoms with Gasteiger partial charge in [-0.25, -0.2) is 9.36 Å². The van der Waals surface area contributed by atoms with Crippen molar-refractivity contribution in [3.63, 3.8) is 0 Å². The molecule has 0 radical (unpaired) electrons. The molecular weight excluding hydrogens is 296 g/mol. The third-order valence-corrected chi connectivity index (χ3v) is 3.01. The highest BCUT2D eigenvalue weighted by Gasteiger charge is 2.11. The molecule has 0 spiro atoms. The van der Waals surface area contributed by atoms with Gasteiger partial charge in [0.15, 0.2) is 18.9 Å². The number of aliphatic carboxylic acids is 1. The SMILES string of the molecule is C[N+](C)(C)CC(=O)O.O=S(=O)(O)CCC[n+]1ccccc1. The summed E-state index contributed by atoms with van der Waals surface area (Å²) in [4.78, 5) is 10.00. The molecule has 1 rings (SSSR count). The Morgan fingerprint density at radius 3 is 2.00 bits per heavy atom. The Kier molecular flexibility index (Phi) is 8.08. The number of carbonyl (C=O) groups is 1. The zero-order chi connectivity index (χ0) is 16.5. The van der Waals surface area contributed by atoms with Gasteiger partial charge in [0.05, 0.1) is 26.9 Å². The quantitative estimate of drug-likeness (QED) is 0.438. The van der Waals surface area contributed by atoms with Gasteiger partial charge in [-0.3, -0.25) is 4.55 Å². The summed E-state index contributed by atoms with van der Waals surface area (Å²) in [6.07, 6.45) is 4.13. The number of hydrogen-bond donors (Lipinski definition) is 2. The molecule has 120 valence electrons. The normalized spacial score (nSPS) is 11.4. The van der Waals surface area contributed by atoms with Gasteiger partial charge in [-0.2, -0.15) is 8.42 Å². The molecule has 0 aromatic carbocycles. The van der Waals surface area contributed by atoms with Crippen LogP contribution < -0.4 is 4.57 Å². The van der Waals surface area contributed by atoms with E-state index in [1.807, 2.05) is 56.3 Å². The molecule has 0 bridgehead atoms. The van der Waals surface area contributed by atoms with Crippen LogP contribution in [0.25, 0.3) is 0 Å². The van der Waals surface area contributed by atoms with E-state index in [4.69, 9.17) is 9.66 Å². The molecule has 21 heavy (non-hydrogen) atoms. The molecule has 7 nitrogen and oxygen atoms in total. The molecule has 1 aromatic rings. The van der Waals surface area contributed by atoms with Crippen LogP contribution in [0.5, 0.6) is 0 Å². The fourth-order valence-corrected chi connectivity index (χ4v) is 1.91. The number of rotatable bonds is 6. The lowest BCUT2D eigenvalue weighted by Gasteiger charge is -2.20. The van der Waals surface area contributed by atoms with E-state index < -0.39 is 16.1 Å². The number of nitrogens with zero attached hydrogens (tertiary/aromatic N) is 2. The number of carboxylic acids is 1. The number of carboxylic acid groups (broad SMARTS) is 1. The molecule has 1 aromatic heterocycles. The molecule has 0 amide bonds. The van der Waals surface area contributed by atoms with Crippen molar-refractivity contribution >= 4 is 16.1 Å². The number of likely N-dealkylation sites (N-methyl/N-ethyl adjacent to an activating group) is 1. The van der Waals surface area contributed by atoms with Crippen LogP contribution in [0, 0.1) is 0 Å². The third-order valence-electron chi connectivity index (χ3n) is 2.21. The first kappa shape index (κ1) is 19.5. The highest BCUT2D eigenvalue weighted by atomic mass is 32.2. The second-order valence-electron chi connectivity index (χ2n) is 5.60. The lowest BCUT2D eigenvalue weighted by Crippen LogP contribution is -2.39. The van der Waals surface area contributed by atoms with Crippen molar-refractivity contribution in [1.82, 2.24) is 0 Å². The molecule has 1 heterocycles. The van der Waals surface area contributed by atoms with Crippen molar-refractivity contribution in [3.8, 4) is 0 Å². The van der Waals surface area contributed by atoms with E-state index in [1.54, 1.807) is 0 Å². The molecule has 0 saturated carbocycles. The summed E-state index contributed by atoms with van der Waals surface area (Å²) < 4.78 is 31.5. The molecule has 8 heteroatoms. The van der Waals surface area contributed by atoms with Crippen LogP contribution in [-0.2, 0) is 21.5 Å². The number of aromatic nitrogens is 1. The second kappa shape index (κ2) is 8.71. The van der Waals surface area contributed by atoms with Crippen molar-refractivity contribution < 1.29 is 31.9 Å². The standard InChI is InChI=1S/C8H11NO3S.C5H11NO2/c10-13(11,12)8-4-7-9-5-2-1-3-6-9;1-6(2,3)4-5(7)8/h1-3,5-6H,4,7-8H2;4H2,1-3H3/p+2. The minimum atomic E-state index is -3.81. The van der Waals surface area contributed by atoms with E-state index >= 15 is 0 Å². The Morgan fingerprint density at radius 1 is 1.14 bits per heavy atom. The zero-order valence-corrected chi connectivity index (χ0v) is 13.5. The van der Waals surface area contributed by atoms with Gasteiger partial charge >= 0.3 is 5.97 Å². The molecule has 0 unspecified atom stereocenters. The Balaban J connectivity index is 0.000000433. The minimum absolute atomic E-state index is 0.181. The molecule has 0 aliphatic rings. The molecule has 0 aliphatic carbocycles. The van der Waals surface area contributed by atoms with Gasteiger partial charge in [-0.15, -0.1) is 0 Å². The van der Waals surface area contributed by atoms with Crippen LogP contribution in [0.3, 0.4) is 0 Å². The molecular formula is C13H24N2O5S+2. The highest BCUT2D eigenvalue weighted by molar-refractivity contribution is 7.85. The lowest BCUT2D eigenvalue weighted by molar-refractivity contribution is -0.862. The van der Waals surface area contributed by atoms with Crippen molar-refractivity contribution in [2.24, 2.45) is 0 Å². The summed E-state index contributed by atoms with van der Waals surface area (Å²) in [5.41, 5.74) is 0. The molecule has 0 saturated heterocycles. The molecule has 0 atom stereocenters. The fourth-order valence-electron chi connectivity index (χ4n) is 1.42. The van der Waals surface area contributed by atoms with Gasteiger partial charge in [0.25, 0.3) is 10.1 Å². The number of quaternary nitrogens is 1. The van der Waals surface area contributed by atoms with E-state index in [1.165, 1.54) is 0 Å². The van der Waals surface area contributed by atoms with Gasteiger partial charge in [0.2, 0.25) is 0 Å². The Hall–Kier alpha value is -1.51. The van der Waals surface area contributed by atoms with Gasteiger partial charge in [0, 0.05) is 18.6 Å². The maximum absolute atomic E-state index is 10.4. The molecule has 2 N–H and O–H groups in total. The van der Waals surface area contributed by atoms with Crippen molar-refractivity contribution in [2.75, 3.05) is 33.4 Å². The first-order valence-electron chi connectivity index (χ1n) is 6.41. The van der Waals surface area contributed by atoms with E-state index in [2.05, 4.69) is 0 Å². The third kappa shape index (κ3) is 14.7. The Morgan fingerprint density at radius 2 is 1.67 bits per heavy atom.